The van der Waals surface area contributed by atoms with Gasteiger partial charge in [0, 0.05) is 17.5 Å². The Labute approximate surface area is 99.4 Å². The van der Waals surface area contributed by atoms with Crippen LogP contribution in [0.5, 0.6) is 0 Å². The minimum Gasteiger partial charge on any atom is -0.409 e. The van der Waals surface area contributed by atoms with Gasteiger partial charge in [0.05, 0.1) is 6.04 Å². The molecule has 1 unspecified atom stereocenters. The number of rotatable bonds is 5. The summed E-state index contributed by atoms with van der Waals surface area (Å²) in [5.74, 6) is 0.295. The Kier molecular flexibility index (Phi) is 3.46. The van der Waals surface area contributed by atoms with Gasteiger partial charge in [-0.15, -0.1) is 11.3 Å². The molecule has 0 aromatic carbocycles. The number of hydrogen-bond acceptors (Lipinski definition) is 4. The van der Waals surface area contributed by atoms with Crippen LogP contribution in [0.1, 0.15) is 24.6 Å². The lowest BCUT2D eigenvalue weighted by Crippen LogP contribution is -2.43. The minimum absolute atomic E-state index is 0.000370. The Balaban J connectivity index is 2.05. The summed E-state index contributed by atoms with van der Waals surface area (Å²) in [5, 5.41) is 13.9. The topological polar surface area (TPSA) is 61.9 Å². The molecule has 1 heterocycles. The molecule has 4 nitrogen and oxygen atoms in total. The van der Waals surface area contributed by atoms with E-state index in [9.17, 15) is 0 Å². The molecule has 1 fully saturated rings. The highest BCUT2D eigenvalue weighted by Gasteiger charge is 2.33. The molecule has 0 spiro atoms. The predicted octanol–water partition coefficient (Wildman–Crippen LogP) is 1.85. The van der Waals surface area contributed by atoms with Gasteiger partial charge >= 0.3 is 0 Å². The molecule has 5 heteroatoms. The van der Waals surface area contributed by atoms with Crippen LogP contribution >= 0.6 is 11.3 Å². The third-order valence-corrected chi connectivity index (χ3v) is 3.84. The molecule has 1 saturated carbocycles. The zero-order chi connectivity index (χ0) is 11.5. The van der Waals surface area contributed by atoms with E-state index < -0.39 is 0 Å². The van der Waals surface area contributed by atoms with Crippen molar-refractivity contribution in [3.8, 4) is 0 Å². The van der Waals surface area contributed by atoms with Gasteiger partial charge in [0.2, 0.25) is 0 Å². The van der Waals surface area contributed by atoms with E-state index in [0.29, 0.717) is 11.9 Å². The van der Waals surface area contributed by atoms with Crippen molar-refractivity contribution in [2.24, 2.45) is 10.9 Å². The third-order valence-electron chi connectivity index (χ3n) is 2.98. The van der Waals surface area contributed by atoms with Gasteiger partial charge < -0.3 is 10.9 Å². The predicted molar refractivity (Wildman–Crippen MR) is 65.8 cm³/mol. The Morgan fingerprint density at radius 2 is 2.50 bits per heavy atom. The maximum absolute atomic E-state index is 8.72. The molecule has 0 saturated heterocycles. The first-order valence-electron chi connectivity index (χ1n) is 5.48. The van der Waals surface area contributed by atoms with Crippen molar-refractivity contribution in [3.05, 3.63) is 22.4 Å². The van der Waals surface area contributed by atoms with Gasteiger partial charge in [-0.2, -0.15) is 0 Å². The van der Waals surface area contributed by atoms with E-state index in [1.54, 1.807) is 11.3 Å². The highest BCUT2D eigenvalue weighted by molar-refractivity contribution is 7.09. The summed E-state index contributed by atoms with van der Waals surface area (Å²) in [6.45, 7) is 2.88. The monoisotopic (exact) mass is 239 g/mol. The van der Waals surface area contributed by atoms with E-state index in [1.807, 2.05) is 6.92 Å². The van der Waals surface area contributed by atoms with E-state index in [1.165, 1.54) is 17.7 Å². The number of amidine groups is 1. The zero-order valence-corrected chi connectivity index (χ0v) is 10.2. The van der Waals surface area contributed by atoms with Crippen molar-refractivity contribution < 1.29 is 5.21 Å². The van der Waals surface area contributed by atoms with Crippen LogP contribution in [-0.4, -0.2) is 28.0 Å². The van der Waals surface area contributed by atoms with Gasteiger partial charge in [0.25, 0.3) is 0 Å². The second kappa shape index (κ2) is 4.84. The fourth-order valence-corrected chi connectivity index (χ4v) is 2.54. The first kappa shape index (κ1) is 11.4. The van der Waals surface area contributed by atoms with E-state index in [-0.39, 0.29) is 6.04 Å². The van der Waals surface area contributed by atoms with E-state index in [0.717, 1.165) is 6.54 Å². The van der Waals surface area contributed by atoms with Gasteiger partial charge in [-0.3, -0.25) is 4.90 Å². The van der Waals surface area contributed by atoms with Crippen molar-refractivity contribution in [2.45, 2.75) is 38.4 Å². The molecule has 1 atom stereocenters. The molecule has 1 aromatic heterocycles. The molecular weight excluding hydrogens is 222 g/mol. The largest absolute Gasteiger partial charge is 0.409 e. The van der Waals surface area contributed by atoms with Gasteiger partial charge in [-0.25, -0.2) is 0 Å². The maximum atomic E-state index is 8.72. The number of hydrogen-bond donors (Lipinski definition) is 2. The smallest absolute Gasteiger partial charge is 0.156 e. The molecular formula is C11H17N3OS. The van der Waals surface area contributed by atoms with Crippen LogP contribution < -0.4 is 5.73 Å². The van der Waals surface area contributed by atoms with Gasteiger partial charge in [-0.05, 0) is 31.2 Å². The summed E-state index contributed by atoms with van der Waals surface area (Å²) < 4.78 is 0. The molecule has 3 N–H and O–H groups in total. The lowest BCUT2D eigenvalue weighted by Gasteiger charge is -2.27. The molecule has 88 valence electrons. The first-order chi connectivity index (χ1) is 7.72. The summed E-state index contributed by atoms with van der Waals surface area (Å²) in [7, 11) is 0. The van der Waals surface area contributed by atoms with Gasteiger partial charge in [0.15, 0.2) is 5.84 Å². The van der Waals surface area contributed by atoms with E-state index in [2.05, 4.69) is 27.6 Å². The quantitative estimate of drug-likeness (QED) is 0.357. The van der Waals surface area contributed by atoms with Crippen LogP contribution in [0.25, 0.3) is 0 Å². The number of nitrogens with two attached hydrogens (primary N) is 1. The SMILES string of the molecule is CC(C(N)=NO)N(Cc1cccs1)C1CC1. The fourth-order valence-electron chi connectivity index (χ4n) is 1.82. The molecule has 1 aliphatic carbocycles. The molecule has 1 aliphatic rings. The normalized spacial score (nSPS) is 19.0. The molecule has 0 amide bonds. The fraction of sp³-hybridized carbons (Fsp3) is 0.545. The lowest BCUT2D eigenvalue weighted by molar-refractivity contribution is 0.227. The summed E-state index contributed by atoms with van der Waals surface area (Å²) in [6.07, 6.45) is 2.43. The molecule has 1 aromatic rings. The van der Waals surface area contributed by atoms with Crippen molar-refractivity contribution in [1.82, 2.24) is 4.90 Å². The van der Waals surface area contributed by atoms with Crippen molar-refractivity contribution >= 4 is 17.2 Å². The van der Waals surface area contributed by atoms with Crippen molar-refractivity contribution in [1.29, 1.82) is 0 Å². The first-order valence-corrected chi connectivity index (χ1v) is 6.36. The Hall–Kier alpha value is -1.07. The summed E-state index contributed by atoms with van der Waals surface area (Å²) in [4.78, 5) is 3.63. The van der Waals surface area contributed by atoms with Crippen LogP contribution in [0.15, 0.2) is 22.7 Å². The lowest BCUT2D eigenvalue weighted by atomic mass is 10.2. The second-order valence-electron chi connectivity index (χ2n) is 4.18. The molecule has 0 radical (unpaired) electrons. The Morgan fingerprint density at radius 3 is 3.00 bits per heavy atom. The molecule has 2 rings (SSSR count). The van der Waals surface area contributed by atoms with Gasteiger partial charge in [0.1, 0.15) is 0 Å². The van der Waals surface area contributed by atoms with Crippen LogP contribution in [0.2, 0.25) is 0 Å². The zero-order valence-electron chi connectivity index (χ0n) is 9.34. The van der Waals surface area contributed by atoms with E-state index in [4.69, 9.17) is 10.9 Å². The van der Waals surface area contributed by atoms with E-state index >= 15 is 0 Å². The molecule has 0 bridgehead atoms. The highest BCUT2D eigenvalue weighted by atomic mass is 32.1. The summed E-state index contributed by atoms with van der Waals surface area (Å²) in [6, 6.07) is 4.77. The second-order valence-corrected chi connectivity index (χ2v) is 5.22. The molecule has 0 aliphatic heterocycles. The number of thiophene rings is 1. The average molecular weight is 239 g/mol. The van der Waals surface area contributed by atoms with Crippen LogP contribution in [-0.2, 0) is 6.54 Å². The number of nitrogens with zero attached hydrogens (tertiary/aromatic N) is 2. The maximum Gasteiger partial charge on any atom is 0.156 e. The summed E-state index contributed by atoms with van der Waals surface area (Å²) >= 11 is 1.75. The van der Waals surface area contributed by atoms with Crippen molar-refractivity contribution in [3.63, 3.8) is 0 Å². The van der Waals surface area contributed by atoms with Gasteiger partial charge in [-0.1, -0.05) is 11.2 Å². The van der Waals surface area contributed by atoms with Crippen LogP contribution in [0, 0.1) is 0 Å². The number of oxime groups is 1. The minimum atomic E-state index is -0.000370. The Morgan fingerprint density at radius 1 is 1.75 bits per heavy atom. The average Bonchev–Trinajstić information content (AvgIpc) is 3.01. The standard InChI is InChI=1S/C11H17N3OS/c1-8(11(12)13-15)14(9-4-5-9)7-10-3-2-6-16-10/h2-3,6,8-9,15H,4-5,7H2,1H3,(H2,12,13). The third kappa shape index (κ3) is 2.54. The van der Waals surface area contributed by atoms with Crippen LogP contribution in [0.3, 0.4) is 0 Å². The highest BCUT2D eigenvalue weighted by Crippen LogP contribution is 2.30. The van der Waals surface area contributed by atoms with Crippen molar-refractivity contribution in [2.75, 3.05) is 0 Å². The Bertz CT molecular complexity index is 359. The molecule has 16 heavy (non-hydrogen) atoms. The van der Waals surface area contributed by atoms with Crippen LogP contribution in [0.4, 0.5) is 0 Å². The summed E-state index contributed by atoms with van der Waals surface area (Å²) in [5.41, 5.74) is 5.67.